The molecule has 4 nitrogen and oxygen atoms in total. The molecule has 1 amide bonds. The Bertz CT molecular complexity index is 389. The first-order chi connectivity index (χ1) is 8.79. The third-order valence-corrected chi connectivity index (χ3v) is 2.91. The first-order valence-electron chi connectivity index (χ1n) is 6.43. The fourth-order valence-electron chi connectivity index (χ4n) is 1.82. The van der Waals surface area contributed by atoms with E-state index < -0.39 is 0 Å². The van der Waals surface area contributed by atoms with Crippen LogP contribution in [0.15, 0.2) is 24.3 Å². The molecule has 1 aliphatic heterocycles. The van der Waals surface area contributed by atoms with Crippen molar-refractivity contribution in [2.24, 2.45) is 0 Å². The summed E-state index contributed by atoms with van der Waals surface area (Å²) in [6.07, 6.45) is 1.98. The number of rotatable bonds is 6. The molecule has 0 aliphatic carbocycles. The van der Waals surface area contributed by atoms with Gasteiger partial charge in [-0.05, 0) is 24.1 Å². The van der Waals surface area contributed by atoms with Crippen LogP contribution in [0, 0.1) is 0 Å². The third kappa shape index (κ3) is 3.39. The molecule has 1 fully saturated rings. The monoisotopic (exact) mass is 249 g/mol. The van der Waals surface area contributed by atoms with E-state index in [4.69, 9.17) is 9.47 Å². The molecule has 0 N–H and O–H groups in total. The molecule has 0 unspecified atom stereocenters. The van der Waals surface area contributed by atoms with Crippen molar-refractivity contribution in [1.29, 1.82) is 0 Å². The molecular weight excluding hydrogens is 230 g/mol. The number of amides is 1. The Hall–Kier alpha value is -1.71. The lowest BCUT2D eigenvalue weighted by Crippen LogP contribution is -2.23. The normalized spacial score (nSPS) is 14.7. The van der Waals surface area contributed by atoms with Crippen LogP contribution in [0.1, 0.15) is 25.3 Å². The molecule has 0 radical (unpaired) electrons. The fourth-order valence-corrected chi connectivity index (χ4v) is 1.82. The average molecular weight is 249 g/mol. The van der Waals surface area contributed by atoms with E-state index in [0.29, 0.717) is 19.7 Å². The van der Waals surface area contributed by atoms with Gasteiger partial charge in [-0.15, -0.1) is 0 Å². The lowest BCUT2D eigenvalue weighted by atomic mass is 10.2. The first-order valence-corrected chi connectivity index (χ1v) is 6.43. The van der Waals surface area contributed by atoms with E-state index in [1.54, 1.807) is 4.90 Å². The summed E-state index contributed by atoms with van der Waals surface area (Å²) in [5, 5.41) is 0. The minimum atomic E-state index is -0.224. The molecule has 0 spiro atoms. The Labute approximate surface area is 107 Å². The second kappa shape index (κ2) is 6.28. The summed E-state index contributed by atoms with van der Waals surface area (Å²) < 4.78 is 10.5. The van der Waals surface area contributed by atoms with Gasteiger partial charge in [0, 0.05) is 6.54 Å². The minimum Gasteiger partial charge on any atom is -0.494 e. The summed E-state index contributed by atoms with van der Waals surface area (Å²) in [5.74, 6) is 0.885. The molecule has 1 heterocycles. The lowest BCUT2D eigenvalue weighted by Gasteiger charge is -2.13. The molecule has 1 aromatic rings. The third-order valence-electron chi connectivity index (χ3n) is 2.91. The zero-order valence-corrected chi connectivity index (χ0v) is 10.7. The number of cyclic esters (lactones) is 1. The number of benzene rings is 1. The van der Waals surface area contributed by atoms with Gasteiger partial charge in [-0.1, -0.05) is 25.5 Å². The van der Waals surface area contributed by atoms with E-state index in [1.807, 2.05) is 24.3 Å². The average Bonchev–Trinajstić information content (AvgIpc) is 2.78. The number of hydrogen-bond acceptors (Lipinski definition) is 3. The van der Waals surface area contributed by atoms with Crippen LogP contribution in [0.25, 0.3) is 0 Å². The molecule has 0 bridgehead atoms. The second-order valence-electron chi connectivity index (χ2n) is 4.38. The fraction of sp³-hybridized carbons (Fsp3) is 0.500. The van der Waals surface area contributed by atoms with Crippen molar-refractivity contribution in [3.05, 3.63) is 29.8 Å². The molecule has 98 valence electrons. The predicted octanol–water partition coefficient (Wildman–Crippen LogP) is 2.82. The zero-order chi connectivity index (χ0) is 12.8. The summed E-state index contributed by atoms with van der Waals surface area (Å²) in [6.45, 7) is 4.68. The molecule has 1 saturated heterocycles. The molecule has 0 atom stereocenters. The Balaban J connectivity index is 1.85. The van der Waals surface area contributed by atoms with Gasteiger partial charge in [-0.25, -0.2) is 4.79 Å². The second-order valence-corrected chi connectivity index (χ2v) is 4.38. The summed E-state index contributed by atoms with van der Waals surface area (Å²) in [5.41, 5.74) is 1.09. The number of unbranched alkanes of at least 4 members (excludes halogenated alkanes) is 1. The predicted molar refractivity (Wildman–Crippen MR) is 68.6 cm³/mol. The SMILES string of the molecule is CCCCOc1ccc(CN2CCOC2=O)cc1. The number of ether oxygens (including phenoxy) is 2. The van der Waals surface area contributed by atoms with Gasteiger partial charge in [0.15, 0.2) is 0 Å². The van der Waals surface area contributed by atoms with Crippen molar-refractivity contribution in [2.75, 3.05) is 19.8 Å². The van der Waals surface area contributed by atoms with E-state index >= 15 is 0 Å². The smallest absolute Gasteiger partial charge is 0.410 e. The van der Waals surface area contributed by atoms with Crippen molar-refractivity contribution in [3.8, 4) is 5.75 Å². The number of carbonyl (C=O) groups excluding carboxylic acids is 1. The van der Waals surface area contributed by atoms with Crippen LogP contribution < -0.4 is 4.74 Å². The van der Waals surface area contributed by atoms with Gasteiger partial charge >= 0.3 is 6.09 Å². The lowest BCUT2D eigenvalue weighted by molar-refractivity contribution is 0.157. The van der Waals surface area contributed by atoms with Crippen molar-refractivity contribution in [1.82, 2.24) is 4.90 Å². The first kappa shape index (κ1) is 12.7. The van der Waals surface area contributed by atoms with Crippen LogP contribution in [0.4, 0.5) is 4.79 Å². The molecule has 2 rings (SSSR count). The highest BCUT2D eigenvalue weighted by Crippen LogP contribution is 2.15. The summed E-state index contributed by atoms with van der Waals surface area (Å²) in [6, 6.07) is 7.89. The summed E-state index contributed by atoms with van der Waals surface area (Å²) in [4.78, 5) is 13.0. The maximum Gasteiger partial charge on any atom is 0.410 e. The van der Waals surface area contributed by atoms with Gasteiger partial charge in [0.1, 0.15) is 12.4 Å². The van der Waals surface area contributed by atoms with Crippen LogP contribution >= 0.6 is 0 Å². The molecule has 0 aromatic heterocycles. The molecule has 0 saturated carbocycles. The van der Waals surface area contributed by atoms with Crippen molar-refractivity contribution >= 4 is 6.09 Å². The molecule has 18 heavy (non-hydrogen) atoms. The maximum absolute atomic E-state index is 11.3. The van der Waals surface area contributed by atoms with E-state index in [0.717, 1.165) is 30.8 Å². The number of hydrogen-bond donors (Lipinski definition) is 0. The van der Waals surface area contributed by atoms with Crippen molar-refractivity contribution in [2.45, 2.75) is 26.3 Å². The Morgan fingerprint density at radius 3 is 2.72 bits per heavy atom. The van der Waals surface area contributed by atoms with Crippen LogP contribution in [0.3, 0.4) is 0 Å². The van der Waals surface area contributed by atoms with Crippen LogP contribution in [0.2, 0.25) is 0 Å². The van der Waals surface area contributed by atoms with E-state index in [2.05, 4.69) is 6.92 Å². The van der Waals surface area contributed by atoms with Gasteiger partial charge in [-0.2, -0.15) is 0 Å². The van der Waals surface area contributed by atoms with Gasteiger partial charge in [-0.3, -0.25) is 0 Å². The quantitative estimate of drug-likeness (QED) is 0.728. The van der Waals surface area contributed by atoms with Gasteiger partial charge < -0.3 is 14.4 Å². The molecule has 1 aliphatic rings. The Morgan fingerprint density at radius 1 is 1.33 bits per heavy atom. The Kier molecular flexibility index (Phi) is 4.45. The van der Waals surface area contributed by atoms with Gasteiger partial charge in [0.2, 0.25) is 0 Å². The van der Waals surface area contributed by atoms with E-state index in [1.165, 1.54) is 0 Å². The topological polar surface area (TPSA) is 38.8 Å². The van der Waals surface area contributed by atoms with Gasteiger partial charge in [0.25, 0.3) is 0 Å². The van der Waals surface area contributed by atoms with E-state index in [9.17, 15) is 4.79 Å². The van der Waals surface area contributed by atoms with Crippen molar-refractivity contribution in [3.63, 3.8) is 0 Å². The Morgan fingerprint density at radius 2 is 2.11 bits per heavy atom. The standard InChI is InChI=1S/C14H19NO3/c1-2-3-9-17-13-6-4-12(5-7-13)11-15-8-10-18-14(15)16/h4-7H,2-3,8-11H2,1H3. The van der Waals surface area contributed by atoms with Crippen molar-refractivity contribution < 1.29 is 14.3 Å². The molecule has 1 aromatic carbocycles. The number of nitrogens with zero attached hydrogens (tertiary/aromatic N) is 1. The van der Waals surface area contributed by atoms with Crippen LogP contribution in [-0.4, -0.2) is 30.8 Å². The summed E-state index contributed by atoms with van der Waals surface area (Å²) in [7, 11) is 0. The maximum atomic E-state index is 11.3. The molecular formula is C14H19NO3. The highest BCUT2D eigenvalue weighted by Gasteiger charge is 2.21. The largest absolute Gasteiger partial charge is 0.494 e. The molecule has 4 heteroatoms. The highest BCUT2D eigenvalue weighted by atomic mass is 16.6. The minimum absolute atomic E-state index is 0.224. The van der Waals surface area contributed by atoms with Crippen LogP contribution in [0.5, 0.6) is 5.75 Å². The summed E-state index contributed by atoms with van der Waals surface area (Å²) >= 11 is 0. The van der Waals surface area contributed by atoms with Crippen LogP contribution in [-0.2, 0) is 11.3 Å². The zero-order valence-electron chi connectivity index (χ0n) is 10.7. The highest BCUT2D eigenvalue weighted by molar-refractivity contribution is 5.69. The van der Waals surface area contributed by atoms with Gasteiger partial charge in [0.05, 0.1) is 13.2 Å². The van der Waals surface area contributed by atoms with E-state index in [-0.39, 0.29) is 6.09 Å². The number of carbonyl (C=O) groups is 1.